The SMILES string of the molecule is CC(C)C(NS(=O)(=O)c1ccc(-c2ccc(OC(=O)Nc3ccc4ccccc4c3)cc2)cc1)C(=O)OC(C)(C)C. The number of ether oxygens (including phenoxy) is 2. The highest BCUT2D eigenvalue weighted by Gasteiger charge is 2.32. The van der Waals surface area contributed by atoms with Crippen LogP contribution in [0.4, 0.5) is 10.5 Å². The zero-order valence-corrected chi connectivity index (χ0v) is 24.5. The van der Waals surface area contributed by atoms with Crippen molar-refractivity contribution in [2.75, 3.05) is 5.32 Å². The highest BCUT2D eigenvalue weighted by molar-refractivity contribution is 7.89. The summed E-state index contributed by atoms with van der Waals surface area (Å²) in [6.45, 7) is 8.70. The van der Waals surface area contributed by atoms with E-state index in [4.69, 9.17) is 9.47 Å². The third-order valence-corrected chi connectivity index (χ3v) is 7.63. The van der Waals surface area contributed by atoms with Gasteiger partial charge < -0.3 is 9.47 Å². The molecule has 1 amide bonds. The van der Waals surface area contributed by atoms with Crippen LogP contribution < -0.4 is 14.8 Å². The van der Waals surface area contributed by atoms with Gasteiger partial charge in [-0.25, -0.2) is 13.2 Å². The molecule has 9 heteroatoms. The number of hydrogen-bond acceptors (Lipinski definition) is 6. The smallest absolute Gasteiger partial charge is 0.417 e. The Kier molecular flexibility index (Phi) is 8.80. The molecule has 8 nitrogen and oxygen atoms in total. The number of rotatable bonds is 8. The molecule has 214 valence electrons. The van der Waals surface area contributed by atoms with Crippen LogP contribution >= 0.6 is 0 Å². The number of benzene rings is 4. The van der Waals surface area contributed by atoms with Gasteiger partial charge in [0.2, 0.25) is 10.0 Å². The van der Waals surface area contributed by atoms with Gasteiger partial charge in [0.25, 0.3) is 0 Å². The van der Waals surface area contributed by atoms with Crippen LogP contribution in [-0.2, 0) is 19.6 Å². The summed E-state index contributed by atoms with van der Waals surface area (Å²) in [6, 6.07) is 25.6. The fourth-order valence-electron chi connectivity index (χ4n) is 4.12. The Bertz CT molecular complexity index is 1640. The van der Waals surface area contributed by atoms with Crippen molar-refractivity contribution >= 4 is 38.5 Å². The highest BCUT2D eigenvalue weighted by Crippen LogP contribution is 2.25. The molecule has 0 aliphatic carbocycles. The molecule has 0 bridgehead atoms. The van der Waals surface area contributed by atoms with Gasteiger partial charge in [0.15, 0.2) is 0 Å². The van der Waals surface area contributed by atoms with E-state index in [1.165, 1.54) is 12.1 Å². The van der Waals surface area contributed by atoms with Crippen LogP contribution in [0.1, 0.15) is 34.6 Å². The topological polar surface area (TPSA) is 111 Å². The van der Waals surface area contributed by atoms with E-state index >= 15 is 0 Å². The number of sulfonamides is 1. The van der Waals surface area contributed by atoms with Crippen LogP contribution in [0.25, 0.3) is 21.9 Å². The van der Waals surface area contributed by atoms with E-state index in [1.807, 2.05) is 42.5 Å². The molecule has 0 fully saturated rings. The molecule has 4 aromatic rings. The maximum Gasteiger partial charge on any atom is 0.417 e. The van der Waals surface area contributed by atoms with Crippen molar-refractivity contribution in [3.63, 3.8) is 0 Å². The molecule has 1 atom stereocenters. The Hall–Kier alpha value is -4.21. The maximum absolute atomic E-state index is 13.0. The van der Waals surface area contributed by atoms with Crippen molar-refractivity contribution in [3.8, 4) is 16.9 Å². The molecule has 0 spiro atoms. The lowest BCUT2D eigenvalue weighted by Gasteiger charge is -2.26. The summed E-state index contributed by atoms with van der Waals surface area (Å²) in [4.78, 5) is 25.0. The minimum Gasteiger partial charge on any atom is -0.459 e. The Morgan fingerprint density at radius 1 is 0.780 bits per heavy atom. The van der Waals surface area contributed by atoms with Gasteiger partial charge in [0, 0.05) is 5.69 Å². The van der Waals surface area contributed by atoms with Crippen molar-refractivity contribution in [2.45, 2.75) is 51.2 Å². The lowest BCUT2D eigenvalue weighted by Crippen LogP contribution is -2.47. The molecule has 2 N–H and O–H groups in total. The standard InChI is InChI=1S/C32H34N2O6S/c1-21(2)29(30(35)40-32(3,4)5)34-41(37,38)28-18-13-24(14-19-28)23-11-16-27(17-12-23)39-31(36)33-26-15-10-22-8-6-7-9-25(22)20-26/h6-21,29,34H,1-5H3,(H,33,36). The molecule has 4 aromatic carbocycles. The zero-order valence-electron chi connectivity index (χ0n) is 23.7. The van der Waals surface area contributed by atoms with Gasteiger partial charge in [-0.2, -0.15) is 4.72 Å². The lowest BCUT2D eigenvalue weighted by molar-refractivity contribution is -0.158. The van der Waals surface area contributed by atoms with Crippen LogP contribution in [0.2, 0.25) is 0 Å². The van der Waals surface area contributed by atoms with Gasteiger partial charge in [0.1, 0.15) is 17.4 Å². The van der Waals surface area contributed by atoms with Gasteiger partial charge in [-0.1, -0.05) is 68.4 Å². The molecule has 0 heterocycles. The Labute approximate surface area is 240 Å². The van der Waals surface area contributed by atoms with E-state index in [9.17, 15) is 18.0 Å². The second kappa shape index (κ2) is 12.1. The summed E-state index contributed by atoms with van der Waals surface area (Å²) in [5.41, 5.74) is 1.46. The Balaban J connectivity index is 1.39. The summed E-state index contributed by atoms with van der Waals surface area (Å²) in [6.07, 6.45) is -0.610. The van der Waals surface area contributed by atoms with Crippen molar-refractivity contribution in [3.05, 3.63) is 91.0 Å². The average Bonchev–Trinajstić information content (AvgIpc) is 2.91. The van der Waals surface area contributed by atoms with Gasteiger partial charge in [-0.3, -0.25) is 10.1 Å². The molecule has 1 unspecified atom stereocenters. The maximum atomic E-state index is 13.0. The van der Waals surface area contributed by atoms with E-state index in [0.29, 0.717) is 11.4 Å². The van der Waals surface area contributed by atoms with Gasteiger partial charge >= 0.3 is 12.1 Å². The highest BCUT2D eigenvalue weighted by atomic mass is 32.2. The van der Waals surface area contributed by atoms with Gasteiger partial charge in [0.05, 0.1) is 4.90 Å². The monoisotopic (exact) mass is 574 g/mol. The largest absolute Gasteiger partial charge is 0.459 e. The lowest BCUT2D eigenvalue weighted by atomic mass is 10.1. The summed E-state index contributed by atoms with van der Waals surface area (Å²) in [7, 11) is -3.98. The quantitative estimate of drug-likeness (QED) is 0.225. The average molecular weight is 575 g/mol. The molecule has 0 aliphatic rings. The van der Waals surface area contributed by atoms with Crippen LogP contribution in [0, 0.1) is 5.92 Å². The molecule has 0 radical (unpaired) electrons. The Morgan fingerprint density at radius 3 is 1.95 bits per heavy atom. The van der Waals surface area contributed by atoms with Crippen LogP contribution in [0.3, 0.4) is 0 Å². The minimum absolute atomic E-state index is 0.0285. The molecule has 4 rings (SSSR count). The van der Waals surface area contributed by atoms with E-state index < -0.39 is 33.7 Å². The number of anilines is 1. The Morgan fingerprint density at radius 2 is 1.37 bits per heavy atom. The van der Waals surface area contributed by atoms with E-state index in [-0.39, 0.29) is 10.8 Å². The van der Waals surface area contributed by atoms with Crippen LogP contribution in [-0.4, -0.2) is 32.1 Å². The number of amides is 1. The summed E-state index contributed by atoms with van der Waals surface area (Å²) >= 11 is 0. The van der Waals surface area contributed by atoms with Crippen molar-refractivity contribution in [1.82, 2.24) is 4.72 Å². The van der Waals surface area contributed by atoms with Gasteiger partial charge in [-0.15, -0.1) is 0 Å². The first-order valence-corrected chi connectivity index (χ1v) is 14.7. The molecule has 0 saturated carbocycles. The molecular weight excluding hydrogens is 540 g/mol. The first-order chi connectivity index (χ1) is 19.3. The third kappa shape index (κ3) is 7.93. The zero-order chi connectivity index (χ0) is 29.8. The van der Waals surface area contributed by atoms with E-state index in [2.05, 4.69) is 10.0 Å². The number of hydrogen-bond donors (Lipinski definition) is 2. The van der Waals surface area contributed by atoms with Crippen LogP contribution in [0.5, 0.6) is 5.75 Å². The molecule has 41 heavy (non-hydrogen) atoms. The minimum atomic E-state index is -3.98. The van der Waals surface area contributed by atoms with Crippen molar-refractivity contribution < 1.29 is 27.5 Å². The number of esters is 1. The predicted molar refractivity (Wildman–Crippen MR) is 160 cm³/mol. The van der Waals surface area contributed by atoms with Gasteiger partial charge in [-0.05, 0) is 85.0 Å². The van der Waals surface area contributed by atoms with Crippen molar-refractivity contribution in [2.24, 2.45) is 5.92 Å². The predicted octanol–water partition coefficient (Wildman–Crippen LogP) is 6.76. The number of carbonyl (C=O) groups excluding carboxylic acids is 2. The second-order valence-corrected chi connectivity index (χ2v) is 12.7. The van der Waals surface area contributed by atoms with Crippen LogP contribution in [0.15, 0.2) is 95.9 Å². The molecular formula is C32H34N2O6S. The summed E-state index contributed by atoms with van der Waals surface area (Å²) < 4.78 is 39.4. The fourth-order valence-corrected chi connectivity index (χ4v) is 5.45. The fraction of sp³-hybridized carbons (Fsp3) is 0.250. The third-order valence-electron chi connectivity index (χ3n) is 6.17. The van der Waals surface area contributed by atoms with Crippen molar-refractivity contribution in [1.29, 1.82) is 0 Å². The summed E-state index contributed by atoms with van der Waals surface area (Å²) in [5.74, 6) is -0.576. The van der Waals surface area contributed by atoms with E-state index in [0.717, 1.165) is 21.9 Å². The normalized spacial score (nSPS) is 12.6. The van der Waals surface area contributed by atoms with E-state index in [1.54, 1.807) is 71.0 Å². The molecule has 0 aliphatic heterocycles. The first kappa shape index (κ1) is 29.8. The first-order valence-electron chi connectivity index (χ1n) is 13.2. The number of fused-ring (bicyclic) bond motifs is 1. The second-order valence-electron chi connectivity index (χ2n) is 11.0. The number of nitrogens with one attached hydrogen (secondary N) is 2. The number of carbonyl (C=O) groups is 2. The molecule has 0 aromatic heterocycles. The summed E-state index contributed by atoms with van der Waals surface area (Å²) in [5, 5.41) is 4.81. The molecule has 0 saturated heterocycles.